The Balaban J connectivity index is 1.71. The molecule has 0 saturated carbocycles. The lowest BCUT2D eigenvalue weighted by Gasteiger charge is -2.33. The van der Waals surface area contributed by atoms with Crippen LogP contribution < -0.4 is 0 Å². The summed E-state index contributed by atoms with van der Waals surface area (Å²) in [6.45, 7) is 4.14. The van der Waals surface area contributed by atoms with Gasteiger partial charge in [-0.2, -0.15) is 0 Å². The van der Waals surface area contributed by atoms with Gasteiger partial charge in [-0.1, -0.05) is 13.0 Å². The molecule has 1 atom stereocenters. The molecule has 0 aromatic carbocycles. The van der Waals surface area contributed by atoms with Crippen LogP contribution in [0.3, 0.4) is 0 Å². The van der Waals surface area contributed by atoms with Crippen LogP contribution in [0.1, 0.15) is 30.2 Å². The zero-order valence-corrected chi connectivity index (χ0v) is 15.5. The summed E-state index contributed by atoms with van der Waals surface area (Å²) in [4.78, 5) is 34.8. The summed E-state index contributed by atoms with van der Waals surface area (Å²) in [6.07, 6.45) is 5.58. The molecule has 0 aliphatic carbocycles. The maximum absolute atomic E-state index is 13.2. The molecule has 0 bridgehead atoms. The summed E-state index contributed by atoms with van der Waals surface area (Å²) in [6, 6.07) is 7.53. The van der Waals surface area contributed by atoms with Crippen molar-refractivity contribution in [3.05, 3.63) is 58.2 Å². The Morgan fingerprint density at radius 1 is 1.19 bits per heavy atom. The first-order chi connectivity index (χ1) is 12.6. The summed E-state index contributed by atoms with van der Waals surface area (Å²) in [5.74, 6) is 0.157. The maximum atomic E-state index is 13.2. The third-order valence-corrected chi connectivity index (χ3v) is 5.86. The van der Waals surface area contributed by atoms with Gasteiger partial charge in [-0.25, -0.2) is 0 Å². The van der Waals surface area contributed by atoms with Crippen LogP contribution in [0.2, 0.25) is 0 Å². The molecule has 1 unspecified atom stereocenters. The molecule has 0 N–H and O–H groups in total. The fourth-order valence-corrected chi connectivity index (χ4v) is 4.47. The largest absolute Gasteiger partial charge is 0.366 e. The number of piperidine rings is 1. The standard InChI is InChI=1S/C20H21N3O2S/c1-14-4-2-10-22(12-14)18-17(16-5-3-11-26-16)19(24)23(20(18)25)13-15-6-8-21-9-7-15/h3,5-9,11,14H,2,4,10,12-13H2,1H3. The van der Waals surface area contributed by atoms with Crippen molar-refractivity contribution in [2.45, 2.75) is 26.3 Å². The van der Waals surface area contributed by atoms with Gasteiger partial charge in [0.25, 0.3) is 11.8 Å². The quantitative estimate of drug-likeness (QED) is 0.779. The number of nitrogens with zero attached hydrogens (tertiary/aromatic N) is 3. The second-order valence-corrected chi connectivity index (χ2v) is 7.89. The number of imide groups is 1. The topological polar surface area (TPSA) is 53.5 Å². The average Bonchev–Trinajstić information content (AvgIpc) is 3.25. The van der Waals surface area contributed by atoms with Crippen molar-refractivity contribution in [2.24, 2.45) is 5.92 Å². The Morgan fingerprint density at radius 2 is 2.00 bits per heavy atom. The summed E-state index contributed by atoms with van der Waals surface area (Å²) in [5.41, 5.74) is 2.05. The Kier molecular flexibility index (Phi) is 4.59. The molecule has 134 valence electrons. The molecule has 2 aromatic rings. The minimum atomic E-state index is -0.192. The van der Waals surface area contributed by atoms with Crippen LogP contribution in [-0.4, -0.2) is 39.7 Å². The van der Waals surface area contributed by atoms with E-state index < -0.39 is 0 Å². The van der Waals surface area contributed by atoms with Gasteiger partial charge in [0.05, 0.1) is 12.1 Å². The van der Waals surface area contributed by atoms with Gasteiger partial charge in [-0.15, -0.1) is 11.3 Å². The van der Waals surface area contributed by atoms with E-state index in [-0.39, 0.29) is 18.4 Å². The number of thiophene rings is 1. The second kappa shape index (κ2) is 7.03. The van der Waals surface area contributed by atoms with E-state index in [1.165, 1.54) is 22.7 Å². The number of carbonyl (C=O) groups is 2. The van der Waals surface area contributed by atoms with E-state index in [0.29, 0.717) is 17.2 Å². The number of carbonyl (C=O) groups excluding carboxylic acids is 2. The van der Waals surface area contributed by atoms with E-state index in [2.05, 4.69) is 16.8 Å². The number of pyridine rings is 1. The van der Waals surface area contributed by atoms with E-state index in [1.54, 1.807) is 12.4 Å². The van der Waals surface area contributed by atoms with Crippen LogP contribution in [0.4, 0.5) is 0 Å². The lowest BCUT2D eigenvalue weighted by atomic mass is 9.99. The van der Waals surface area contributed by atoms with Crippen LogP contribution in [0.5, 0.6) is 0 Å². The van der Waals surface area contributed by atoms with Crippen molar-refractivity contribution in [3.63, 3.8) is 0 Å². The minimum absolute atomic E-state index is 0.177. The first-order valence-corrected chi connectivity index (χ1v) is 9.81. The van der Waals surface area contributed by atoms with Crippen molar-refractivity contribution in [1.82, 2.24) is 14.8 Å². The Bertz CT molecular complexity index is 845. The minimum Gasteiger partial charge on any atom is -0.366 e. The SMILES string of the molecule is CC1CCCN(C2=C(c3cccs3)C(=O)N(Cc3ccncc3)C2=O)C1. The summed E-state index contributed by atoms with van der Waals surface area (Å²) < 4.78 is 0. The van der Waals surface area contributed by atoms with Crippen molar-refractivity contribution >= 4 is 28.7 Å². The molecular formula is C20H21N3O2S. The monoisotopic (exact) mass is 367 g/mol. The third-order valence-electron chi connectivity index (χ3n) is 4.97. The van der Waals surface area contributed by atoms with Crippen molar-refractivity contribution < 1.29 is 9.59 Å². The van der Waals surface area contributed by atoms with Gasteiger partial charge in [-0.05, 0) is 47.9 Å². The predicted octanol–water partition coefficient (Wildman–Crippen LogP) is 3.16. The number of hydrogen-bond donors (Lipinski definition) is 0. The van der Waals surface area contributed by atoms with Crippen LogP contribution in [0, 0.1) is 5.92 Å². The molecule has 2 amide bonds. The smallest absolute Gasteiger partial charge is 0.278 e. The lowest BCUT2D eigenvalue weighted by molar-refractivity contribution is -0.138. The molecule has 6 heteroatoms. The van der Waals surface area contributed by atoms with Gasteiger partial charge in [0, 0.05) is 30.4 Å². The predicted molar refractivity (Wildman–Crippen MR) is 101 cm³/mol. The van der Waals surface area contributed by atoms with Gasteiger partial charge < -0.3 is 4.90 Å². The fraction of sp³-hybridized carbons (Fsp3) is 0.350. The lowest BCUT2D eigenvalue weighted by Crippen LogP contribution is -2.39. The van der Waals surface area contributed by atoms with Crippen LogP contribution in [-0.2, 0) is 16.1 Å². The molecule has 26 heavy (non-hydrogen) atoms. The molecule has 1 saturated heterocycles. The van der Waals surface area contributed by atoms with E-state index in [4.69, 9.17) is 0 Å². The molecule has 0 radical (unpaired) electrons. The molecule has 2 aliphatic rings. The Labute approximate surface area is 157 Å². The van der Waals surface area contributed by atoms with Gasteiger partial charge >= 0.3 is 0 Å². The molecule has 4 rings (SSSR count). The van der Waals surface area contributed by atoms with Crippen LogP contribution >= 0.6 is 11.3 Å². The molecule has 0 spiro atoms. The summed E-state index contributed by atoms with van der Waals surface area (Å²) >= 11 is 1.51. The summed E-state index contributed by atoms with van der Waals surface area (Å²) in [5, 5.41) is 1.95. The number of amides is 2. The zero-order chi connectivity index (χ0) is 18.1. The Hall–Kier alpha value is -2.47. The highest BCUT2D eigenvalue weighted by Crippen LogP contribution is 2.36. The van der Waals surface area contributed by atoms with E-state index in [1.807, 2.05) is 29.6 Å². The molecular weight excluding hydrogens is 346 g/mol. The first kappa shape index (κ1) is 17.0. The van der Waals surface area contributed by atoms with Gasteiger partial charge in [0.2, 0.25) is 0 Å². The van der Waals surface area contributed by atoms with Gasteiger partial charge in [0.1, 0.15) is 5.70 Å². The molecule has 2 aromatic heterocycles. The first-order valence-electron chi connectivity index (χ1n) is 8.93. The molecule has 1 fully saturated rings. The highest BCUT2D eigenvalue weighted by molar-refractivity contribution is 7.11. The van der Waals surface area contributed by atoms with Gasteiger partial charge in [-0.3, -0.25) is 19.5 Å². The number of aromatic nitrogens is 1. The highest BCUT2D eigenvalue weighted by atomic mass is 32.1. The number of hydrogen-bond acceptors (Lipinski definition) is 5. The van der Waals surface area contributed by atoms with Crippen molar-refractivity contribution in [1.29, 1.82) is 0 Å². The number of likely N-dealkylation sites (tertiary alicyclic amines) is 1. The Morgan fingerprint density at radius 3 is 2.69 bits per heavy atom. The molecule has 2 aliphatic heterocycles. The fourth-order valence-electron chi connectivity index (χ4n) is 3.71. The van der Waals surface area contributed by atoms with Crippen molar-refractivity contribution in [2.75, 3.05) is 13.1 Å². The number of rotatable bonds is 4. The van der Waals surface area contributed by atoms with Crippen LogP contribution in [0.25, 0.3) is 5.57 Å². The van der Waals surface area contributed by atoms with Crippen LogP contribution in [0.15, 0.2) is 47.7 Å². The third kappa shape index (κ3) is 3.05. The van der Waals surface area contributed by atoms with Gasteiger partial charge in [0.15, 0.2) is 0 Å². The van der Waals surface area contributed by atoms with Crippen molar-refractivity contribution in [3.8, 4) is 0 Å². The molecule has 5 nitrogen and oxygen atoms in total. The average molecular weight is 367 g/mol. The zero-order valence-electron chi connectivity index (χ0n) is 14.7. The van der Waals surface area contributed by atoms with E-state index in [0.717, 1.165) is 30.0 Å². The highest BCUT2D eigenvalue weighted by Gasteiger charge is 2.42. The summed E-state index contributed by atoms with van der Waals surface area (Å²) in [7, 11) is 0. The maximum Gasteiger partial charge on any atom is 0.278 e. The normalized spacial score (nSPS) is 21.0. The molecule has 4 heterocycles. The van der Waals surface area contributed by atoms with E-state index >= 15 is 0 Å². The van der Waals surface area contributed by atoms with E-state index in [9.17, 15) is 9.59 Å². The second-order valence-electron chi connectivity index (χ2n) is 6.95.